The van der Waals surface area contributed by atoms with Crippen LogP contribution in [0.4, 0.5) is 5.69 Å². The second kappa shape index (κ2) is 6.04. The highest BCUT2D eigenvalue weighted by Crippen LogP contribution is 2.13. The van der Waals surface area contributed by atoms with Gasteiger partial charge in [0.1, 0.15) is 6.61 Å². The summed E-state index contributed by atoms with van der Waals surface area (Å²) in [7, 11) is 1.79. The first kappa shape index (κ1) is 13.8. The number of anilines is 1. The van der Waals surface area contributed by atoms with E-state index in [4.69, 9.17) is 5.11 Å². The first-order chi connectivity index (χ1) is 9.61. The summed E-state index contributed by atoms with van der Waals surface area (Å²) in [5.41, 5.74) is 2.74. The molecular weight excluding hydrogens is 254 g/mol. The Kier molecular flexibility index (Phi) is 4.18. The van der Waals surface area contributed by atoms with Crippen molar-refractivity contribution in [2.75, 3.05) is 11.9 Å². The van der Waals surface area contributed by atoms with Gasteiger partial charge in [0.2, 0.25) is 0 Å². The normalized spacial score (nSPS) is 9.75. The molecule has 0 aliphatic rings. The second-order valence-electron chi connectivity index (χ2n) is 4.26. The third-order valence-corrected chi connectivity index (χ3v) is 2.91. The zero-order valence-electron chi connectivity index (χ0n) is 11.3. The van der Waals surface area contributed by atoms with Crippen LogP contribution in [0.25, 0.3) is 0 Å². The summed E-state index contributed by atoms with van der Waals surface area (Å²) in [6.45, 7) is 1.65. The Hall–Kier alpha value is -2.58. The number of nitrogens with zero attached hydrogens (tertiary/aromatic N) is 2. The molecule has 5 nitrogen and oxygen atoms in total. The molecule has 1 heterocycles. The molecule has 1 amide bonds. The molecule has 0 aliphatic heterocycles. The van der Waals surface area contributed by atoms with Crippen molar-refractivity contribution in [2.24, 2.45) is 7.05 Å². The SMILES string of the molecule is Cc1c(C(=O)Nc2cccc(C#CCO)c2)cnn1C. The van der Waals surface area contributed by atoms with Gasteiger partial charge in [-0.3, -0.25) is 9.48 Å². The van der Waals surface area contributed by atoms with Crippen LogP contribution < -0.4 is 5.32 Å². The molecule has 5 heteroatoms. The van der Waals surface area contributed by atoms with Crippen LogP contribution in [0, 0.1) is 18.8 Å². The Bertz CT molecular complexity index is 693. The molecule has 0 fully saturated rings. The number of aliphatic hydroxyl groups excluding tert-OH is 1. The summed E-state index contributed by atoms with van der Waals surface area (Å²) in [6, 6.07) is 7.15. The topological polar surface area (TPSA) is 67.2 Å². The fourth-order valence-corrected chi connectivity index (χ4v) is 1.74. The standard InChI is InChI=1S/C15H15N3O2/c1-11-14(10-16-18(11)2)15(20)17-13-7-3-5-12(9-13)6-4-8-19/h3,5,7,9-10,19H,8H2,1-2H3,(H,17,20). The molecule has 1 aromatic carbocycles. The zero-order chi connectivity index (χ0) is 14.5. The lowest BCUT2D eigenvalue weighted by Crippen LogP contribution is -2.13. The molecule has 1 aromatic heterocycles. The first-order valence-electron chi connectivity index (χ1n) is 6.11. The van der Waals surface area contributed by atoms with Crippen molar-refractivity contribution >= 4 is 11.6 Å². The molecule has 0 bridgehead atoms. The predicted molar refractivity (Wildman–Crippen MR) is 76.3 cm³/mol. The first-order valence-corrected chi connectivity index (χ1v) is 6.11. The van der Waals surface area contributed by atoms with E-state index in [0.29, 0.717) is 11.3 Å². The number of aromatic nitrogens is 2. The minimum atomic E-state index is -0.206. The largest absolute Gasteiger partial charge is 0.384 e. The van der Waals surface area contributed by atoms with Crippen LogP contribution in [0.2, 0.25) is 0 Å². The number of carbonyl (C=O) groups is 1. The van der Waals surface area contributed by atoms with Crippen molar-refractivity contribution in [3.63, 3.8) is 0 Å². The van der Waals surface area contributed by atoms with Crippen molar-refractivity contribution in [2.45, 2.75) is 6.92 Å². The van der Waals surface area contributed by atoms with Gasteiger partial charge < -0.3 is 10.4 Å². The van der Waals surface area contributed by atoms with Gasteiger partial charge in [0, 0.05) is 24.0 Å². The van der Waals surface area contributed by atoms with Crippen molar-refractivity contribution in [3.8, 4) is 11.8 Å². The maximum Gasteiger partial charge on any atom is 0.259 e. The van der Waals surface area contributed by atoms with Gasteiger partial charge in [-0.15, -0.1) is 0 Å². The van der Waals surface area contributed by atoms with Crippen LogP contribution in [-0.2, 0) is 7.05 Å². The number of carbonyl (C=O) groups excluding carboxylic acids is 1. The number of aryl methyl sites for hydroxylation is 1. The van der Waals surface area contributed by atoms with Crippen LogP contribution in [0.1, 0.15) is 21.6 Å². The maximum absolute atomic E-state index is 12.1. The Morgan fingerprint density at radius 1 is 1.50 bits per heavy atom. The molecule has 0 unspecified atom stereocenters. The van der Waals surface area contributed by atoms with E-state index >= 15 is 0 Å². The molecule has 0 saturated heterocycles. The molecule has 0 aliphatic carbocycles. The van der Waals surface area contributed by atoms with Gasteiger partial charge >= 0.3 is 0 Å². The highest BCUT2D eigenvalue weighted by atomic mass is 16.2. The summed E-state index contributed by atoms with van der Waals surface area (Å²) < 4.78 is 1.65. The minimum Gasteiger partial charge on any atom is -0.384 e. The average molecular weight is 269 g/mol. The van der Waals surface area contributed by atoms with Crippen LogP contribution in [0.5, 0.6) is 0 Å². The molecule has 0 radical (unpaired) electrons. The van der Waals surface area contributed by atoms with Crippen molar-refractivity contribution in [1.82, 2.24) is 9.78 Å². The van der Waals surface area contributed by atoms with E-state index in [1.807, 2.05) is 13.0 Å². The molecule has 2 N–H and O–H groups in total. The predicted octanol–water partition coefficient (Wildman–Crippen LogP) is 1.32. The second-order valence-corrected chi connectivity index (χ2v) is 4.26. The Labute approximate surface area is 117 Å². The average Bonchev–Trinajstić information content (AvgIpc) is 2.77. The fourth-order valence-electron chi connectivity index (χ4n) is 1.74. The molecule has 2 aromatic rings. The lowest BCUT2D eigenvalue weighted by molar-refractivity contribution is 0.102. The van der Waals surface area contributed by atoms with Gasteiger partial charge in [-0.2, -0.15) is 5.10 Å². The summed E-state index contributed by atoms with van der Waals surface area (Å²) in [4.78, 5) is 12.1. The third-order valence-electron chi connectivity index (χ3n) is 2.91. The molecule has 0 saturated carbocycles. The number of benzene rings is 1. The number of amides is 1. The van der Waals surface area contributed by atoms with E-state index in [9.17, 15) is 4.79 Å². The van der Waals surface area contributed by atoms with E-state index in [0.717, 1.165) is 11.3 Å². The monoisotopic (exact) mass is 269 g/mol. The van der Waals surface area contributed by atoms with Gasteiger partial charge in [-0.1, -0.05) is 17.9 Å². The number of hydrogen-bond acceptors (Lipinski definition) is 3. The van der Waals surface area contributed by atoms with Gasteiger partial charge in [0.25, 0.3) is 5.91 Å². The fraction of sp³-hybridized carbons (Fsp3) is 0.200. The van der Waals surface area contributed by atoms with Crippen molar-refractivity contribution < 1.29 is 9.90 Å². The summed E-state index contributed by atoms with van der Waals surface area (Å²) in [5, 5.41) is 15.5. The molecule has 2 rings (SSSR count). The lowest BCUT2D eigenvalue weighted by atomic mass is 10.2. The number of aliphatic hydroxyl groups is 1. The van der Waals surface area contributed by atoms with E-state index in [1.165, 1.54) is 0 Å². The van der Waals surface area contributed by atoms with E-state index in [-0.39, 0.29) is 12.5 Å². The van der Waals surface area contributed by atoms with Gasteiger partial charge in [0.05, 0.1) is 11.8 Å². The van der Waals surface area contributed by atoms with Gasteiger partial charge in [-0.25, -0.2) is 0 Å². The van der Waals surface area contributed by atoms with Crippen LogP contribution in [0.15, 0.2) is 30.5 Å². The van der Waals surface area contributed by atoms with Crippen LogP contribution in [-0.4, -0.2) is 27.4 Å². The summed E-state index contributed by atoms with van der Waals surface area (Å²) in [6.07, 6.45) is 1.54. The quantitative estimate of drug-likeness (QED) is 0.808. The zero-order valence-corrected chi connectivity index (χ0v) is 11.3. The Balaban J connectivity index is 2.18. The molecule has 0 atom stereocenters. The Morgan fingerprint density at radius 2 is 2.30 bits per heavy atom. The van der Waals surface area contributed by atoms with E-state index in [2.05, 4.69) is 22.3 Å². The number of rotatable bonds is 2. The van der Waals surface area contributed by atoms with Gasteiger partial charge in [0.15, 0.2) is 0 Å². The highest BCUT2D eigenvalue weighted by molar-refractivity contribution is 6.04. The molecule has 0 spiro atoms. The van der Waals surface area contributed by atoms with Crippen molar-refractivity contribution in [1.29, 1.82) is 0 Å². The lowest BCUT2D eigenvalue weighted by Gasteiger charge is -2.05. The number of hydrogen-bond donors (Lipinski definition) is 2. The summed E-state index contributed by atoms with van der Waals surface area (Å²) >= 11 is 0. The summed E-state index contributed by atoms with van der Waals surface area (Å²) in [5.74, 6) is 5.16. The molecular formula is C15H15N3O2. The smallest absolute Gasteiger partial charge is 0.259 e. The van der Waals surface area contributed by atoms with Crippen LogP contribution >= 0.6 is 0 Å². The van der Waals surface area contributed by atoms with E-state index < -0.39 is 0 Å². The third kappa shape index (κ3) is 3.05. The van der Waals surface area contributed by atoms with E-state index in [1.54, 1.807) is 36.1 Å². The Morgan fingerprint density at radius 3 is 2.95 bits per heavy atom. The van der Waals surface area contributed by atoms with Crippen molar-refractivity contribution in [3.05, 3.63) is 47.3 Å². The maximum atomic E-state index is 12.1. The molecule has 102 valence electrons. The van der Waals surface area contributed by atoms with Crippen LogP contribution in [0.3, 0.4) is 0 Å². The minimum absolute atomic E-state index is 0.189. The molecule has 20 heavy (non-hydrogen) atoms. The highest BCUT2D eigenvalue weighted by Gasteiger charge is 2.12. The van der Waals surface area contributed by atoms with Gasteiger partial charge in [-0.05, 0) is 25.1 Å². The number of nitrogens with one attached hydrogen (secondary N) is 1.